The van der Waals surface area contributed by atoms with Gasteiger partial charge in [0.1, 0.15) is 5.82 Å². The monoisotopic (exact) mass is 226 g/mol. The Morgan fingerprint density at radius 3 is 2.94 bits per heavy atom. The van der Waals surface area contributed by atoms with Crippen LogP contribution in [0.15, 0.2) is 36.7 Å². The normalized spacial score (nSPS) is 11.2. The average Bonchev–Trinajstić information content (AvgIpc) is 2.92. The Kier molecular flexibility index (Phi) is 2.23. The van der Waals surface area contributed by atoms with E-state index in [1.54, 1.807) is 0 Å². The maximum absolute atomic E-state index is 5.61. The number of imidazole rings is 1. The molecule has 4 heteroatoms. The number of nitrogens with two attached hydrogens (primary N) is 1. The van der Waals surface area contributed by atoms with Crippen molar-refractivity contribution in [3.8, 4) is 11.4 Å². The largest absolute Gasteiger partial charge is 0.360 e. The van der Waals surface area contributed by atoms with Crippen molar-refractivity contribution in [2.75, 3.05) is 0 Å². The average molecular weight is 226 g/mol. The maximum Gasteiger partial charge on any atom is 0.142 e. The van der Waals surface area contributed by atoms with Crippen molar-refractivity contribution in [2.24, 2.45) is 12.8 Å². The van der Waals surface area contributed by atoms with E-state index < -0.39 is 0 Å². The van der Waals surface area contributed by atoms with Gasteiger partial charge < -0.3 is 15.3 Å². The molecule has 0 atom stereocenters. The van der Waals surface area contributed by atoms with E-state index in [1.165, 1.54) is 5.39 Å². The fraction of sp³-hybridized carbons (Fsp3) is 0.154. The summed E-state index contributed by atoms with van der Waals surface area (Å²) in [5.74, 6) is 0.947. The Morgan fingerprint density at radius 2 is 2.18 bits per heavy atom. The summed E-state index contributed by atoms with van der Waals surface area (Å²) in [6.07, 6.45) is 3.96. The van der Waals surface area contributed by atoms with Crippen LogP contribution in [-0.2, 0) is 13.6 Å². The molecule has 0 amide bonds. The highest BCUT2D eigenvalue weighted by molar-refractivity contribution is 5.93. The summed E-state index contributed by atoms with van der Waals surface area (Å²) >= 11 is 0. The molecule has 3 N–H and O–H groups in total. The van der Waals surface area contributed by atoms with E-state index in [0.717, 1.165) is 22.6 Å². The molecule has 3 rings (SSSR count). The molecule has 0 radical (unpaired) electrons. The fourth-order valence-electron chi connectivity index (χ4n) is 2.13. The van der Waals surface area contributed by atoms with Crippen LogP contribution in [0.4, 0.5) is 0 Å². The SMILES string of the molecule is Cn1cc(CN)nc1-c1c[nH]c2ccccc12. The zero-order chi connectivity index (χ0) is 11.8. The first-order valence-corrected chi connectivity index (χ1v) is 5.58. The summed E-state index contributed by atoms with van der Waals surface area (Å²) < 4.78 is 2.01. The molecular weight excluding hydrogens is 212 g/mol. The second-order valence-corrected chi connectivity index (χ2v) is 4.12. The third kappa shape index (κ3) is 1.54. The quantitative estimate of drug-likeness (QED) is 0.702. The molecule has 0 unspecified atom stereocenters. The Labute approximate surface area is 99.1 Å². The number of aromatic nitrogens is 3. The molecule has 0 saturated carbocycles. The number of nitrogens with one attached hydrogen (secondary N) is 1. The molecule has 0 saturated heterocycles. The number of fused-ring (bicyclic) bond motifs is 1. The van der Waals surface area contributed by atoms with Crippen molar-refractivity contribution < 1.29 is 0 Å². The number of aryl methyl sites for hydroxylation is 1. The predicted molar refractivity (Wildman–Crippen MR) is 68.4 cm³/mol. The van der Waals surface area contributed by atoms with Gasteiger partial charge in [-0.05, 0) is 6.07 Å². The molecular formula is C13H14N4. The van der Waals surface area contributed by atoms with Crippen LogP contribution in [0.25, 0.3) is 22.3 Å². The summed E-state index contributed by atoms with van der Waals surface area (Å²) in [5.41, 5.74) is 8.76. The van der Waals surface area contributed by atoms with Crippen molar-refractivity contribution in [3.05, 3.63) is 42.4 Å². The third-order valence-electron chi connectivity index (χ3n) is 2.97. The molecule has 0 aliphatic rings. The highest BCUT2D eigenvalue weighted by Crippen LogP contribution is 2.27. The van der Waals surface area contributed by atoms with E-state index in [0.29, 0.717) is 6.54 Å². The van der Waals surface area contributed by atoms with Crippen LogP contribution >= 0.6 is 0 Å². The number of aromatic amines is 1. The number of nitrogens with zero attached hydrogens (tertiary/aromatic N) is 2. The van der Waals surface area contributed by atoms with Gasteiger partial charge in [0, 0.05) is 42.5 Å². The summed E-state index contributed by atoms with van der Waals surface area (Å²) in [7, 11) is 1.99. The minimum absolute atomic E-state index is 0.468. The minimum atomic E-state index is 0.468. The van der Waals surface area contributed by atoms with Gasteiger partial charge in [-0.3, -0.25) is 0 Å². The van der Waals surface area contributed by atoms with E-state index in [2.05, 4.69) is 22.1 Å². The van der Waals surface area contributed by atoms with Gasteiger partial charge in [-0.1, -0.05) is 18.2 Å². The smallest absolute Gasteiger partial charge is 0.142 e. The first kappa shape index (κ1) is 10.1. The third-order valence-corrected chi connectivity index (χ3v) is 2.97. The van der Waals surface area contributed by atoms with Crippen LogP contribution in [-0.4, -0.2) is 14.5 Å². The summed E-state index contributed by atoms with van der Waals surface area (Å²) in [6, 6.07) is 8.21. The lowest BCUT2D eigenvalue weighted by molar-refractivity contribution is 0.922. The summed E-state index contributed by atoms with van der Waals surface area (Å²) in [6.45, 7) is 0.468. The molecule has 1 aromatic carbocycles. The Bertz CT molecular complexity index is 663. The molecule has 2 heterocycles. The van der Waals surface area contributed by atoms with Gasteiger partial charge in [-0.25, -0.2) is 4.98 Å². The number of hydrogen-bond donors (Lipinski definition) is 2. The van der Waals surface area contributed by atoms with Crippen LogP contribution in [0.2, 0.25) is 0 Å². The number of hydrogen-bond acceptors (Lipinski definition) is 2. The highest BCUT2D eigenvalue weighted by atomic mass is 15.1. The molecule has 17 heavy (non-hydrogen) atoms. The van der Waals surface area contributed by atoms with E-state index in [9.17, 15) is 0 Å². The molecule has 0 fully saturated rings. The van der Waals surface area contributed by atoms with Crippen molar-refractivity contribution in [2.45, 2.75) is 6.54 Å². The summed E-state index contributed by atoms with van der Waals surface area (Å²) in [5, 5.41) is 1.18. The lowest BCUT2D eigenvalue weighted by Gasteiger charge is -1.98. The summed E-state index contributed by atoms with van der Waals surface area (Å²) in [4.78, 5) is 7.80. The topological polar surface area (TPSA) is 59.6 Å². The molecule has 3 aromatic rings. The number of benzene rings is 1. The maximum atomic E-state index is 5.61. The molecule has 2 aromatic heterocycles. The van der Waals surface area contributed by atoms with Gasteiger partial charge >= 0.3 is 0 Å². The van der Waals surface area contributed by atoms with E-state index in [1.807, 2.05) is 36.1 Å². The zero-order valence-corrected chi connectivity index (χ0v) is 9.64. The van der Waals surface area contributed by atoms with E-state index >= 15 is 0 Å². The van der Waals surface area contributed by atoms with E-state index in [-0.39, 0.29) is 0 Å². The lowest BCUT2D eigenvalue weighted by atomic mass is 10.1. The highest BCUT2D eigenvalue weighted by Gasteiger charge is 2.11. The first-order valence-electron chi connectivity index (χ1n) is 5.58. The molecule has 0 bridgehead atoms. The van der Waals surface area contributed by atoms with Crippen molar-refractivity contribution in [1.29, 1.82) is 0 Å². The van der Waals surface area contributed by atoms with Crippen molar-refractivity contribution >= 4 is 10.9 Å². The Hall–Kier alpha value is -2.07. The Balaban J connectivity index is 2.23. The lowest BCUT2D eigenvalue weighted by Crippen LogP contribution is -1.95. The molecule has 4 nitrogen and oxygen atoms in total. The molecule has 0 spiro atoms. The van der Waals surface area contributed by atoms with Gasteiger partial charge in [0.05, 0.1) is 5.69 Å². The first-order chi connectivity index (χ1) is 8.29. The predicted octanol–water partition coefficient (Wildman–Crippen LogP) is 2.03. The van der Waals surface area contributed by atoms with Crippen LogP contribution in [0.3, 0.4) is 0 Å². The minimum Gasteiger partial charge on any atom is -0.360 e. The standard InChI is InChI=1S/C13H14N4/c1-17-8-9(6-14)16-13(17)11-7-15-12-5-3-2-4-10(11)12/h2-5,7-8,15H,6,14H2,1H3. The molecule has 86 valence electrons. The van der Waals surface area contributed by atoms with Gasteiger partial charge in [0.2, 0.25) is 0 Å². The number of para-hydroxylation sites is 1. The van der Waals surface area contributed by atoms with Crippen LogP contribution in [0, 0.1) is 0 Å². The molecule has 0 aliphatic carbocycles. The second kappa shape index (κ2) is 3.75. The van der Waals surface area contributed by atoms with E-state index in [4.69, 9.17) is 5.73 Å². The van der Waals surface area contributed by atoms with Crippen LogP contribution in [0.1, 0.15) is 5.69 Å². The molecule has 0 aliphatic heterocycles. The second-order valence-electron chi connectivity index (χ2n) is 4.12. The number of rotatable bonds is 2. The van der Waals surface area contributed by atoms with Crippen molar-refractivity contribution in [3.63, 3.8) is 0 Å². The zero-order valence-electron chi connectivity index (χ0n) is 9.64. The van der Waals surface area contributed by atoms with Gasteiger partial charge in [-0.15, -0.1) is 0 Å². The van der Waals surface area contributed by atoms with Gasteiger partial charge in [-0.2, -0.15) is 0 Å². The van der Waals surface area contributed by atoms with Gasteiger partial charge in [0.25, 0.3) is 0 Å². The number of H-pyrrole nitrogens is 1. The fourth-order valence-corrected chi connectivity index (χ4v) is 2.13. The van der Waals surface area contributed by atoms with Gasteiger partial charge in [0.15, 0.2) is 0 Å². The Morgan fingerprint density at radius 1 is 1.35 bits per heavy atom. The van der Waals surface area contributed by atoms with Crippen LogP contribution in [0.5, 0.6) is 0 Å². The van der Waals surface area contributed by atoms with Crippen LogP contribution < -0.4 is 5.73 Å². The van der Waals surface area contributed by atoms with Crippen molar-refractivity contribution in [1.82, 2.24) is 14.5 Å².